The zero-order chi connectivity index (χ0) is 23.0. The Kier molecular flexibility index (Phi) is 47.1. The van der Waals surface area contributed by atoms with Gasteiger partial charge < -0.3 is 18.2 Å². The van der Waals surface area contributed by atoms with Crippen molar-refractivity contribution in [1.29, 1.82) is 0 Å². The van der Waals surface area contributed by atoms with Crippen LogP contribution < -0.4 is 88.7 Å². The summed E-state index contributed by atoms with van der Waals surface area (Å²) in [6, 6.07) is 0. The molecule has 2 aliphatic carbocycles. The van der Waals surface area contributed by atoms with Crippen molar-refractivity contribution in [1.82, 2.24) is 0 Å². The van der Waals surface area contributed by atoms with E-state index in [0.29, 0.717) is 35.5 Å². The van der Waals surface area contributed by atoms with Crippen molar-refractivity contribution in [3.8, 4) is 0 Å². The molecule has 0 aromatic carbocycles. The van der Waals surface area contributed by atoms with E-state index in [1.165, 1.54) is 25.7 Å². The zero-order valence-electron chi connectivity index (χ0n) is 25.3. The average molecular weight is 568 g/mol. The standard InChI is InChI=1S/2C10H20O2.CH2O.Fe.3Na.H2O2S.3H/c2*1-7(2)9-5-4-8(3)6-10(9)12-11;1-2;;;;;1-3-2;;;/h2*7-11H,4-6H2,1-3H3;1H2;;;;;1-2H;;;/q;;;;3*+1;;3*-1. The predicted octanol–water partition coefficient (Wildman–Crippen LogP) is -2.30. The molecule has 4 N–H and O–H groups in total. The van der Waals surface area contributed by atoms with Gasteiger partial charge in [0, 0.05) is 17.1 Å². The van der Waals surface area contributed by atoms with E-state index < -0.39 is 0 Å². The summed E-state index contributed by atoms with van der Waals surface area (Å²) in [6.07, 6.45) is 7.14. The Labute approximate surface area is 287 Å². The van der Waals surface area contributed by atoms with Gasteiger partial charge in [-0.25, -0.2) is 9.78 Å². The molecule has 0 spiro atoms. The van der Waals surface area contributed by atoms with Gasteiger partial charge in [0.1, 0.15) is 6.79 Å². The third kappa shape index (κ3) is 22.9. The van der Waals surface area contributed by atoms with E-state index in [9.17, 15) is 0 Å². The van der Waals surface area contributed by atoms with E-state index in [1.807, 2.05) is 6.79 Å². The summed E-state index contributed by atoms with van der Waals surface area (Å²) < 4.78 is 14.1. The smallest absolute Gasteiger partial charge is 1.00 e. The van der Waals surface area contributed by atoms with E-state index in [2.05, 4.69) is 51.3 Å². The maximum Gasteiger partial charge on any atom is 1.00 e. The van der Waals surface area contributed by atoms with Gasteiger partial charge in [-0.15, -0.1) is 0 Å². The minimum Gasteiger partial charge on any atom is -1.00 e. The monoisotopic (exact) mass is 568 g/mol. The van der Waals surface area contributed by atoms with Gasteiger partial charge in [-0.2, -0.15) is 0 Å². The molecule has 2 aliphatic rings. The molecule has 0 heterocycles. The van der Waals surface area contributed by atoms with Gasteiger partial charge in [0.15, 0.2) is 12.3 Å². The molecule has 12 heteroatoms. The summed E-state index contributed by atoms with van der Waals surface area (Å²) in [4.78, 5) is 17.1. The van der Waals surface area contributed by atoms with Crippen LogP contribution in [0.15, 0.2) is 0 Å². The molecule has 0 aromatic heterocycles. The van der Waals surface area contributed by atoms with Crippen LogP contribution in [0.4, 0.5) is 0 Å². The summed E-state index contributed by atoms with van der Waals surface area (Å²) in [5.74, 6) is 3.75. The fraction of sp³-hybridized carbons (Fsp3) is 0.952. The van der Waals surface area contributed by atoms with Crippen LogP contribution in [0.25, 0.3) is 0 Å². The van der Waals surface area contributed by atoms with E-state index in [4.69, 9.17) is 24.4 Å². The second kappa shape index (κ2) is 31.5. The molecule has 190 valence electrons. The van der Waals surface area contributed by atoms with Crippen molar-refractivity contribution in [2.24, 2.45) is 35.5 Å². The maximum atomic E-state index is 8.73. The Hall–Kier alpha value is 3.30. The Morgan fingerprint density at radius 2 is 1.00 bits per heavy atom. The van der Waals surface area contributed by atoms with Crippen LogP contribution in [-0.4, -0.2) is 38.6 Å². The number of rotatable bonds is 4. The third-order valence-electron chi connectivity index (χ3n) is 6.19. The molecule has 0 amide bonds. The van der Waals surface area contributed by atoms with Crippen LogP contribution in [0.1, 0.15) is 84.3 Å². The van der Waals surface area contributed by atoms with Crippen molar-refractivity contribution in [3.05, 3.63) is 0 Å². The van der Waals surface area contributed by atoms with Crippen LogP contribution in [-0.2, 0) is 31.6 Å². The minimum absolute atomic E-state index is 0. The van der Waals surface area contributed by atoms with Gasteiger partial charge in [-0.3, -0.25) is 10.5 Å². The molecule has 6 unspecified atom stereocenters. The molecule has 2 fully saturated rings. The maximum absolute atomic E-state index is 8.73. The second-order valence-electron chi connectivity index (χ2n) is 9.02. The molecular formula is C21H47FeNa3O7S. The van der Waals surface area contributed by atoms with Gasteiger partial charge in [0.05, 0.1) is 12.2 Å². The van der Waals surface area contributed by atoms with Gasteiger partial charge >= 0.3 is 88.7 Å². The molecule has 0 bridgehead atoms. The largest absolute Gasteiger partial charge is 1.00 e. The first kappa shape index (κ1) is 49.3. The number of carbonyl (C=O) groups is 1. The molecule has 0 saturated heterocycles. The van der Waals surface area contributed by atoms with Gasteiger partial charge in [0.25, 0.3) is 0 Å². The average Bonchev–Trinajstić information content (AvgIpc) is 2.69. The molecule has 0 aromatic rings. The van der Waals surface area contributed by atoms with E-state index in [-0.39, 0.29) is 135 Å². The number of hydrogen-bond donors (Lipinski definition) is 4. The summed E-state index contributed by atoms with van der Waals surface area (Å²) in [5.41, 5.74) is 0. The zero-order valence-corrected chi connectivity index (χ0v) is 30.3. The summed E-state index contributed by atoms with van der Waals surface area (Å²) >= 11 is -0.250. The van der Waals surface area contributed by atoms with Crippen LogP contribution in [0.3, 0.4) is 0 Å². The second-order valence-corrected chi connectivity index (χ2v) is 9.18. The van der Waals surface area contributed by atoms with E-state index in [1.54, 1.807) is 0 Å². The first-order chi connectivity index (χ1) is 13.7. The van der Waals surface area contributed by atoms with Gasteiger partial charge in [-0.05, 0) is 61.2 Å². The number of hydrogen-bond acceptors (Lipinski definition) is 8. The van der Waals surface area contributed by atoms with Crippen LogP contribution in [0, 0.1) is 35.5 Å². The topological polar surface area (TPSA) is 116 Å². The third-order valence-corrected chi connectivity index (χ3v) is 6.19. The van der Waals surface area contributed by atoms with E-state index >= 15 is 0 Å². The first-order valence-electron chi connectivity index (χ1n) is 10.6. The quantitative estimate of drug-likeness (QED) is 0.130. The fourth-order valence-electron chi connectivity index (χ4n) is 4.47. The van der Waals surface area contributed by atoms with Crippen LogP contribution in [0.5, 0.6) is 0 Å². The molecule has 0 aliphatic heterocycles. The van der Waals surface area contributed by atoms with Crippen molar-refractivity contribution in [2.75, 3.05) is 0 Å². The Bertz CT molecular complexity index is 375. The molecule has 33 heavy (non-hydrogen) atoms. The number of carbonyl (C=O) groups excluding carboxylic acids is 1. The summed E-state index contributed by atoms with van der Waals surface area (Å²) in [7, 11) is 0. The van der Waals surface area contributed by atoms with Crippen molar-refractivity contribution < 1.29 is 144 Å². The first-order valence-corrected chi connectivity index (χ1v) is 11.3. The van der Waals surface area contributed by atoms with Gasteiger partial charge in [-0.1, -0.05) is 54.4 Å². The normalized spacial score (nSPS) is 27.8. The molecule has 0 radical (unpaired) electrons. The summed E-state index contributed by atoms with van der Waals surface area (Å²) in [5, 5.41) is 17.5. The fourth-order valence-corrected chi connectivity index (χ4v) is 4.47. The molecular weight excluding hydrogens is 521 g/mol. The SMILES string of the molecule is C=O.CC1CCC(C(C)C)C(OO)C1.CC1CCC(C(C)C)C(OO)C1.OSO.[Fe].[H-].[H-].[H-].[Na+].[Na+].[Na+]. The Balaban J connectivity index is -0.0000000420. The van der Waals surface area contributed by atoms with Crippen LogP contribution in [0.2, 0.25) is 0 Å². The van der Waals surface area contributed by atoms with Crippen molar-refractivity contribution in [3.63, 3.8) is 0 Å². The molecule has 6 atom stereocenters. The molecule has 7 nitrogen and oxygen atoms in total. The summed E-state index contributed by atoms with van der Waals surface area (Å²) in [6.45, 7) is 15.3. The van der Waals surface area contributed by atoms with E-state index in [0.717, 1.165) is 12.8 Å². The van der Waals surface area contributed by atoms with Gasteiger partial charge in [0.2, 0.25) is 0 Å². The molecule has 2 saturated carbocycles. The Morgan fingerprint density at radius 3 is 1.18 bits per heavy atom. The van der Waals surface area contributed by atoms with Crippen molar-refractivity contribution in [2.45, 2.75) is 92.3 Å². The predicted molar refractivity (Wildman–Crippen MR) is 121 cm³/mol. The van der Waals surface area contributed by atoms with Crippen LogP contribution >= 0.6 is 12.3 Å². The Morgan fingerprint density at radius 1 is 0.758 bits per heavy atom. The minimum atomic E-state index is -0.250. The van der Waals surface area contributed by atoms with Crippen molar-refractivity contribution >= 4 is 19.1 Å². The molecule has 2 rings (SSSR count).